The highest BCUT2D eigenvalue weighted by molar-refractivity contribution is 6.74. The maximum Gasteiger partial charge on any atom is 0.192 e. The standard InChI is InChI=1S/C24H40O4Si/c1-24(2,3)29(5,6)28-15-18(25)10-11-19-20-12-16-8-7-9-23(27-4)21(16)13-17(20)14-22(19)26/h7-9,17-20,22,25-26H,10-15H2,1-6H3/t17-,18+,19+,20-,22+/m0/s1. The van der Waals surface area contributed by atoms with E-state index in [-0.39, 0.29) is 17.1 Å². The van der Waals surface area contributed by atoms with Crippen molar-refractivity contribution in [2.75, 3.05) is 13.7 Å². The Morgan fingerprint density at radius 2 is 1.93 bits per heavy atom. The molecular weight excluding hydrogens is 380 g/mol. The van der Waals surface area contributed by atoms with Crippen molar-refractivity contribution < 1.29 is 19.4 Å². The van der Waals surface area contributed by atoms with E-state index in [0.29, 0.717) is 24.9 Å². The third kappa shape index (κ3) is 4.89. The summed E-state index contributed by atoms with van der Waals surface area (Å²) in [6, 6.07) is 6.32. The molecule has 0 radical (unpaired) electrons. The first-order chi connectivity index (χ1) is 13.5. The molecule has 0 saturated heterocycles. The summed E-state index contributed by atoms with van der Waals surface area (Å²) >= 11 is 0. The molecule has 2 aliphatic carbocycles. The molecule has 0 unspecified atom stereocenters. The molecule has 5 heteroatoms. The molecule has 5 atom stereocenters. The van der Waals surface area contributed by atoms with Gasteiger partial charge in [-0.05, 0) is 85.2 Å². The molecule has 2 aliphatic rings. The summed E-state index contributed by atoms with van der Waals surface area (Å²) in [4.78, 5) is 0. The largest absolute Gasteiger partial charge is 0.496 e. The minimum absolute atomic E-state index is 0.151. The van der Waals surface area contributed by atoms with Gasteiger partial charge in [-0.1, -0.05) is 32.9 Å². The maximum atomic E-state index is 10.8. The number of ether oxygens (including phenoxy) is 1. The van der Waals surface area contributed by atoms with Crippen molar-refractivity contribution in [2.45, 2.75) is 83.2 Å². The summed E-state index contributed by atoms with van der Waals surface area (Å²) in [5.74, 6) is 2.26. The molecule has 1 aromatic rings. The number of benzene rings is 1. The highest BCUT2D eigenvalue weighted by Gasteiger charge is 2.45. The van der Waals surface area contributed by atoms with E-state index < -0.39 is 14.4 Å². The Bertz CT molecular complexity index is 697. The molecular formula is C24H40O4Si. The topological polar surface area (TPSA) is 58.9 Å². The number of hydrogen-bond acceptors (Lipinski definition) is 4. The van der Waals surface area contributed by atoms with Crippen molar-refractivity contribution >= 4 is 8.32 Å². The zero-order valence-electron chi connectivity index (χ0n) is 19.1. The third-order valence-corrected chi connectivity index (χ3v) is 12.3. The Morgan fingerprint density at radius 3 is 2.59 bits per heavy atom. The second-order valence-corrected chi connectivity index (χ2v) is 15.5. The van der Waals surface area contributed by atoms with E-state index >= 15 is 0 Å². The second kappa shape index (κ2) is 8.70. The van der Waals surface area contributed by atoms with Gasteiger partial charge in [-0.2, -0.15) is 0 Å². The summed E-state index contributed by atoms with van der Waals surface area (Å²) in [5.41, 5.74) is 2.69. The van der Waals surface area contributed by atoms with Crippen molar-refractivity contribution in [3.05, 3.63) is 29.3 Å². The average Bonchev–Trinajstić information content (AvgIpc) is 2.95. The van der Waals surface area contributed by atoms with Crippen LogP contribution in [0.1, 0.15) is 51.2 Å². The van der Waals surface area contributed by atoms with Gasteiger partial charge in [0.1, 0.15) is 5.75 Å². The molecule has 0 spiro atoms. The molecule has 4 nitrogen and oxygen atoms in total. The van der Waals surface area contributed by atoms with E-state index in [2.05, 4.69) is 46.0 Å². The molecule has 164 valence electrons. The Labute approximate surface area is 177 Å². The second-order valence-electron chi connectivity index (χ2n) is 10.7. The van der Waals surface area contributed by atoms with Gasteiger partial charge in [-0.25, -0.2) is 0 Å². The van der Waals surface area contributed by atoms with Crippen LogP contribution in [0.2, 0.25) is 18.1 Å². The zero-order chi connectivity index (χ0) is 21.4. The van der Waals surface area contributed by atoms with Crippen LogP contribution in [0.25, 0.3) is 0 Å². The molecule has 29 heavy (non-hydrogen) atoms. The van der Waals surface area contributed by atoms with Crippen LogP contribution < -0.4 is 4.74 Å². The molecule has 1 aromatic carbocycles. The molecule has 0 heterocycles. The predicted molar refractivity (Wildman–Crippen MR) is 120 cm³/mol. The minimum atomic E-state index is -1.84. The molecule has 1 fully saturated rings. The van der Waals surface area contributed by atoms with Crippen LogP contribution in [-0.2, 0) is 17.3 Å². The number of aliphatic hydroxyl groups is 2. The van der Waals surface area contributed by atoms with Gasteiger partial charge in [0, 0.05) is 0 Å². The summed E-state index contributed by atoms with van der Waals surface area (Å²) in [6.07, 6.45) is 3.71. The van der Waals surface area contributed by atoms with Crippen LogP contribution in [0.15, 0.2) is 18.2 Å². The fraction of sp³-hybridized carbons (Fsp3) is 0.750. The smallest absolute Gasteiger partial charge is 0.192 e. The number of aliphatic hydroxyl groups excluding tert-OH is 2. The van der Waals surface area contributed by atoms with Crippen LogP contribution in [0, 0.1) is 17.8 Å². The van der Waals surface area contributed by atoms with Gasteiger partial charge in [0.2, 0.25) is 0 Å². The fourth-order valence-corrected chi connectivity index (χ4v) is 6.03. The lowest BCUT2D eigenvalue weighted by molar-refractivity contribution is 0.0648. The Hall–Kier alpha value is -0.883. The van der Waals surface area contributed by atoms with Crippen LogP contribution in [-0.4, -0.2) is 44.5 Å². The van der Waals surface area contributed by atoms with Gasteiger partial charge in [0.05, 0.1) is 25.9 Å². The summed E-state index contributed by atoms with van der Waals surface area (Å²) in [6.45, 7) is 11.5. The third-order valence-electron chi connectivity index (χ3n) is 7.84. The van der Waals surface area contributed by atoms with Crippen molar-refractivity contribution in [2.24, 2.45) is 17.8 Å². The summed E-state index contributed by atoms with van der Waals surface area (Å²) < 4.78 is 11.8. The predicted octanol–water partition coefficient (Wildman–Crippen LogP) is 4.57. The molecule has 0 aromatic heterocycles. The molecule has 0 amide bonds. The maximum absolute atomic E-state index is 10.8. The van der Waals surface area contributed by atoms with Gasteiger partial charge in [-0.3, -0.25) is 0 Å². The van der Waals surface area contributed by atoms with Gasteiger partial charge >= 0.3 is 0 Å². The van der Waals surface area contributed by atoms with Crippen molar-refractivity contribution in [3.8, 4) is 5.75 Å². The number of fused-ring (bicyclic) bond motifs is 2. The lowest BCUT2D eigenvalue weighted by Gasteiger charge is -2.37. The van der Waals surface area contributed by atoms with Crippen molar-refractivity contribution in [1.82, 2.24) is 0 Å². The summed E-state index contributed by atoms with van der Waals surface area (Å²) in [7, 11) is -0.102. The SMILES string of the molecule is COc1cccc2c1C[C@H]1C[C@@H](O)[C@H](CC[C@@H](O)CO[Si](C)(C)C(C)(C)C)[C@H]1C2. The molecule has 0 bridgehead atoms. The van der Waals surface area contributed by atoms with Gasteiger partial charge in [-0.15, -0.1) is 0 Å². The summed E-state index contributed by atoms with van der Waals surface area (Å²) in [5, 5.41) is 21.5. The van der Waals surface area contributed by atoms with Crippen molar-refractivity contribution in [1.29, 1.82) is 0 Å². The highest BCUT2D eigenvalue weighted by atomic mass is 28.4. The number of hydrogen-bond donors (Lipinski definition) is 2. The monoisotopic (exact) mass is 420 g/mol. The Balaban J connectivity index is 1.58. The lowest BCUT2D eigenvalue weighted by Crippen LogP contribution is -2.42. The first-order valence-electron chi connectivity index (χ1n) is 11.2. The van der Waals surface area contributed by atoms with E-state index in [1.165, 1.54) is 11.1 Å². The van der Waals surface area contributed by atoms with Crippen molar-refractivity contribution in [3.63, 3.8) is 0 Å². The Kier molecular flexibility index (Phi) is 6.84. The molecule has 2 N–H and O–H groups in total. The normalized spacial score (nSPS) is 28.0. The van der Waals surface area contributed by atoms with Crippen LogP contribution in [0.3, 0.4) is 0 Å². The minimum Gasteiger partial charge on any atom is -0.496 e. The Morgan fingerprint density at radius 1 is 1.21 bits per heavy atom. The van der Waals surface area contributed by atoms with Crippen LogP contribution in [0.4, 0.5) is 0 Å². The van der Waals surface area contributed by atoms with E-state index in [1.807, 2.05) is 6.07 Å². The lowest BCUT2D eigenvalue weighted by atomic mass is 9.73. The van der Waals surface area contributed by atoms with E-state index in [9.17, 15) is 10.2 Å². The number of rotatable bonds is 7. The van der Waals surface area contributed by atoms with Gasteiger partial charge in [0.15, 0.2) is 8.32 Å². The zero-order valence-corrected chi connectivity index (χ0v) is 20.1. The fourth-order valence-electron chi connectivity index (χ4n) is 4.98. The van der Waals surface area contributed by atoms with Crippen LogP contribution in [0.5, 0.6) is 5.75 Å². The highest BCUT2D eigenvalue weighted by Crippen LogP contribution is 2.48. The first kappa shape index (κ1) is 22.8. The first-order valence-corrected chi connectivity index (χ1v) is 14.1. The average molecular weight is 421 g/mol. The van der Waals surface area contributed by atoms with E-state index in [0.717, 1.165) is 31.4 Å². The quantitative estimate of drug-likeness (QED) is 0.635. The van der Waals surface area contributed by atoms with E-state index in [4.69, 9.17) is 9.16 Å². The molecule has 3 rings (SSSR count). The molecule has 1 saturated carbocycles. The van der Waals surface area contributed by atoms with Crippen LogP contribution >= 0.6 is 0 Å². The van der Waals surface area contributed by atoms with E-state index in [1.54, 1.807) is 7.11 Å². The molecule has 0 aliphatic heterocycles. The van der Waals surface area contributed by atoms with Gasteiger partial charge in [0.25, 0.3) is 0 Å². The number of methoxy groups -OCH3 is 1. The van der Waals surface area contributed by atoms with Gasteiger partial charge < -0.3 is 19.4 Å².